The Hall–Kier alpha value is -2.86. The van der Waals surface area contributed by atoms with Gasteiger partial charge in [0.25, 0.3) is 5.89 Å². The molecule has 0 spiro atoms. The number of hydrogen-bond donors (Lipinski definition) is 1. The van der Waals surface area contributed by atoms with Crippen LogP contribution in [0.5, 0.6) is 0 Å². The minimum absolute atomic E-state index is 0.223. The third-order valence-corrected chi connectivity index (χ3v) is 5.29. The van der Waals surface area contributed by atoms with Crippen molar-refractivity contribution in [1.82, 2.24) is 20.4 Å². The van der Waals surface area contributed by atoms with Crippen molar-refractivity contribution in [2.75, 3.05) is 0 Å². The lowest BCUT2D eigenvalue weighted by Gasteiger charge is -2.32. The van der Waals surface area contributed by atoms with E-state index in [1.54, 1.807) is 6.20 Å². The zero-order chi connectivity index (χ0) is 20.2. The van der Waals surface area contributed by atoms with E-state index in [2.05, 4.69) is 46.4 Å². The lowest BCUT2D eigenvalue weighted by atomic mass is 9.81. The molecule has 2 heterocycles. The number of rotatable bonds is 8. The standard InChI is InChI=1S/C23H26N4O2/c1-15(2)9-16-3-5-18(6-4-16)22-26-23(29-27-22)19-7-8-20(24-12-19)13-25-21-10-17(11-21)14-28/h3-8,12,14-15,17,21,25H,9-11,13H2,1-2H3. The Balaban J connectivity index is 1.37. The Bertz CT molecular complexity index is 942. The van der Waals surface area contributed by atoms with Crippen molar-refractivity contribution in [1.29, 1.82) is 0 Å². The average Bonchev–Trinajstić information content (AvgIpc) is 3.18. The maximum absolute atomic E-state index is 10.7. The summed E-state index contributed by atoms with van der Waals surface area (Å²) >= 11 is 0. The highest BCUT2D eigenvalue weighted by Crippen LogP contribution is 2.26. The second-order valence-electron chi connectivity index (χ2n) is 8.20. The summed E-state index contributed by atoms with van der Waals surface area (Å²) in [7, 11) is 0. The van der Waals surface area contributed by atoms with E-state index in [1.165, 1.54) is 5.56 Å². The van der Waals surface area contributed by atoms with E-state index >= 15 is 0 Å². The monoisotopic (exact) mass is 390 g/mol. The van der Waals surface area contributed by atoms with Gasteiger partial charge in [-0.1, -0.05) is 43.3 Å². The predicted octanol–water partition coefficient (Wildman–Crippen LogP) is 4.06. The number of aldehydes is 1. The van der Waals surface area contributed by atoms with Crippen LogP contribution in [-0.4, -0.2) is 27.5 Å². The first kappa shape index (κ1) is 19.5. The van der Waals surface area contributed by atoms with Gasteiger partial charge in [-0.25, -0.2) is 0 Å². The zero-order valence-corrected chi connectivity index (χ0v) is 16.8. The molecule has 1 aromatic carbocycles. The van der Waals surface area contributed by atoms with E-state index in [0.29, 0.717) is 30.2 Å². The molecule has 0 aliphatic heterocycles. The quantitative estimate of drug-likeness (QED) is 0.584. The van der Waals surface area contributed by atoms with E-state index in [9.17, 15) is 4.79 Å². The van der Waals surface area contributed by atoms with Crippen LogP contribution in [0.15, 0.2) is 47.1 Å². The molecule has 2 aromatic heterocycles. The summed E-state index contributed by atoms with van der Waals surface area (Å²) in [6, 6.07) is 12.6. The molecule has 6 heteroatoms. The van der Waals surface area contributed by atoms with Gasteiger partial charge in [0.05, 0.1) is 11.3 Å². The van der Waals surface area contributed by atoms with E-state index in [4.69, 9.17) is 4.52 Å². The summed E-state index contributed by atoms with van der Waals surface area (Å²) in [6.45, 7) is 5.12. The number of nitrogens with one attached hydrogen (secondary N) is 1. The van der Waals surface area contributed by atoms with Gasteiger partial charge in [0.15, 0.2) is 0 Å². The largest absolute Gasteiger partial charge is 0.334 e. The molecule has 0 unspecified atom stereocenters. The van der Waals surface area contributed by atoms with Gasteiger partial charge in [0.2, 0.25) is 5.82 Å². The van der Waals surface area contributed by atoms with Crippen LogP contribution in [0.4, 0.5) is 0 Å². The number of aromatic nitrogens is 3. The molecule has 0 radical (unpaired) electrons. The Morgan fingerprint density at radius 2 is 1.90 bits per heavy atom. The molecular weight excluding hydrogens is 364 g/mol. The van der Waals surface area contributed by atoms with Crippen LogP contribution in [0.25, 0.3) is 22.8 Å². The molecule has 0 bridgehead atoms. The molecule has 0 amide bonds. The third-order valence-electron chi connectivity index (χ3n) is 5.29. The highest BCUT2D eigenvalue weighted by atomic mass is 16.5. The van der Waals surface area contributed by atoms with E-state index in [1.807, 2.05) is 24.3 Å². The van der Waals surface area contributed by atoms with Crippen LogP contribution in [0.3, 0.4) is 0 Å². The van der Waals surface area contributed by atoms with E-state index in [0.717, 1.165) is 42.4 Å². The molecule has 1 aliphatic carbocycles. The molecule has 0 saturated heterocycles. The maximum Gasteiger partial charge on any atom is 0.259 e. The molecule has 29 heavy (non-hydrogen) atoms. The van der Waals surface area contributed by atoms with Crippen molar-refractivity contribution in [3.8, 4) is 22.8 Å². The van der Waals surface area contributed by atoms with Crippen molar-refractivity contribution in [2.24, 2.45) is 11.8 Å². The number of hydrogen-bond acceptors (Lipinski definition) is 6. The van der Waals surface area contributed by atoms with Gasteiger partial charge in [0.1, 0.15) is 6.29 Å². The van der Waals surface area contributed by atoms with Crippen LogP contribution in [0.1, 0.15) is 37.9 Å². The second kappa shape index (κ2) is 8.66. The molecule has 1 aliphatic rings. The highest BCUT2D eigenvalue weighted by molar-refractivity contribution is 5.59. The molecular formula is C23H26N4O2. The Morgan fingerprint density at radius 3 is 2.55 bits per heavy atom. The Labute approximate surface area is 170 Å². The van der Waals surface area contributed by atoms with Crippen molar-refractivity contribution >= 4 is 6.29 Å². The molecule has 4 rings (SSSR count). The smallest absolute Gasteiger partial charge is 0.259 e. The molecule has 6 nitrogen and oxygen atoms in total. The summed E-state index contributed by atoms with van der Waals surface area (Å²) in [5.41, 5.74) is 4.00. The fourth-order valence-electron chi connectivity index (χ4n) is 3.56. The fraction of sp³-hybridized carbons (Fsp3) is 0.391. The van der Waals surface area contributed by atoms with Crippen LogP contribution < -0.4 is 5.32 Å². The number of carbonyl (C=O) groups excluding carboxylic acids is 1. The molecule has 1 saturated carbocycles. The first-order valence-corrected chi connectivity index (χ1v) is 10.2. The first-order valence-electron chi connectivity index (χ1n) is 10.2. The lowest BCUT2D eigenvalue weighted by Crippen LogP contribution is -2.41. The minimum Gasteiger partial charge on any atom is -0.334 e. The maximum atomic E-state index is 10.7. The predicted molar refractivity (Wildman–Crippen MR) is 111 cm³/mol. The Kier molecular flexibility index (Phi) is 5.81. The molecule has 150 valence electrons. The van der Waals surface area contributed by atoms with Gasteiger partial charge in [0, 0.05) is 30.3 Å². The third kappa shape index (κ3) is 4.77. The minimum atomic E-state index is 0.223. The summed E-state index contributed by atoms with van der Waals surface area (Å²) in [5.74, 6) is 1.90. The van der Waals surface area contributed by atoms with Gasteiger partial charge in [-0.3, -0.25) is 4.98 Å². The van der Waals surface area contributed by atoms with Crippen molar-refractivity contribution in [3.63, 3.8) is 0 Å². The van der Waals surface area contributed by atoms with Gasteiger partial charge in [-0.05, 0) is 42.9 Å². The summed E-state index contributed by atoms with van der Waals surface area (Å²) < 4.78 is 5.44. The molecule has 0 atom stereocenters. The van der Waals surface area contributed by atoms with Gasteiger partial charge in [-0.2, -0.15) is 4.98 Å². The van der Waals surface area contributed by atoms with Gasteiger partial charge < -0.3 is 14.6 Å². The van der Waals surface area contributed by atoms with Gasteiger partial charge >= 0.3 is 0 Å². The van der Waals surface area contributed by atoms with Crippen molar-refractivity contribution in [3.05, 3.63) is 53.9 Å². The number of pyridine rings is 1. The summed E-state index contributed by atoms with van der Waals surface area (Å²) in [5, 5.41) is 7.54. The van der Waals surface area contributed by atoms with Crippen LogP contribution in [0, 0.1) is 11.8 Å². The number of carbonyl (C=O) groups is 1. The molecule has 1 fully saturated rings. The van der Waals surface area contributed by atoms with E-state index in [-0.39, 0.29) is 5.92 Å². The number of nitrogens with zero attached hydrogens (tertiary/aromatic N) is 3. The van der Waals surface area contributed by atoms with E-state index < -0.39 is 0 Å². The van der Waals surface area contributed by atoms with Crippen LogP contribution in [0.2, 0.25) is 0 Å². The average molecular weight is 390 g/mol. The number of benzene rings is 1. The normalized spacial score (nSPS) is 18.6. The van der Waals surface area contributed by atoms with Gasteiger partial charge in [-0.15, -0.1) is 0 Å². The molecule has 3 aromatic rings. The Morgan fingerprint density at radius 1 is 1.14 bits per heavy atom. The first-order chi connectivity index (χ1) is 14.1. The topological polar surface area (TPSA) is 80.9 Å². The zero-order valence-electron chi connectivity index (χ0n) is 16.8. The lowest BCUT2D eigenvalue weighted by molar-refractivity contribution is -0.113. The molecule has 1 N–H and O–H groups in total. The summed E-state index contributed by atoms with van der Waals surface area (Å²) in [6.07, 6.45) is 5.71. The highest BCUT2D eigenvalue weighted by Gasteiger charge is 2.27. The van der Waals surface area contributed by atoms with Crippen molar-refractivity contribution in [2.45, 2.75) is 45.7 Å². The SMILES string of the molecule is CC(C)Cc1ccc(-c2noc(-c3ccc(CNC4CC(C=O)C4)nc3)n2)cc1. The fourth-order valence-corrected chi connectivity index (χ4v) is 3.56. The van der Waals surface area contributed by atoms with Crippen LogP contribution in [-0.2, 0) is 17.8 Å². The summed E-state index contributed by atoms with van der Waals surface area (Å²) in [4.78, 5) is 19.7. The van der Waals surface area contributed by atoms with Crippen molar-refractivity contribution < 1.29 is 9.32 Å². The second-order valence-corrected chi connectivity index (χ2v) is 8.20. The van der Waals surface area contributed by atoms with Crippen LogP contribution >= 0.6 is 0 Å².